The Hall–Kier alpha value is -3.19. The van der Waals surface area contributed by atoms with Gasteiger partial charge in [0.25, 0.3) is 0 Å². The maximum absolute atomic E-state index is 12.5. The lowest BCUT2D eigenvalue weighted by atomic mass is 9.76. The van der Waals surface area contributed by atoms with Crippen molar-refractivity contribution in [2.45, 2.75) is 38.7 Å². The molecule has 1 atom stereocenters. The molecule has 0 bridgehead atoms. The van der Waals surface area contributed by atoms with Crippen molar-refractivity contribution in [3.8, 4) is 0 Å². The second-order valence-corrected chi connectivity index (χ2v) is 7.81. The van der Waals surface area contributed by atoms with Gasteiger partial charge in [-0.3, -0.25) is 4.79 Å². The summed E-state index contributed by atoms with van der Waals surface area (Å²) >= 11 is 0. The molecule has 1 unspecified atom stereocenters. The van der Waals surface area contributed by atoms with E-state index >= 15 is 0 Å². The second-order valence-electron chi connectivity index (χ2n) is 7.81. The average Bonchev–Trinajstić information content (AvgIpc) is 3.31. The van der Waals surface area contributed by atoms with Gasteiger partial charge in [-0.1, -0.05) is 74.5 Å². The molecule has 0 spiro atoms. The summed E-state index contributed by atoms with van der Waals surface area (Å²) in [5, 5.41) is 14.8. The van der Waals surface area contributed by atoms with Crippen LogP contribution in [0.4, 0.5) is 0 Å². The molecule has 7 nitrogen and oxygen atoms in total. The number of nitrogens with zero attached hydrogens (tertiary/aromatic N) is 1. The van der Waals surface area contributed by atoms with E-state index in [4.69, 9.17) is 24.5 Å². The van der Waals surface area contributed by atoms with Crippen LogP contribution in [0, 0.1) is 5.92 Å². The second kappa shape index (κ2) is 12.0. The number of likely N-dealkylation sites (tertiary alicyclic amines) is 1. The topological polar surface area (TPSA) is 104 Å². The maximum Gasteiger partial charge on any atom is 0.414 e. The molecule has 1 saturated heterocycles. The van der Waals surface area contributed by atoms with Crippen molar-refractivity contribution >= 4 is 17.9 Å². The number of benzene rings is 2. The fourth-order valence-electron chi connectivity index (χ4n) is 4.06. The minimum Gasteiger partial charge on any atom is -0.473 e. The van der Waals surface area contributed by atoms with E-state index in [9.17, 15) is 4.79 Å². The molecule has 0 amide bonds. The Morgan fingerprint density at radius 3 is 1.72 bits per heavy atom. The zero-order valence-electron chi connectivity index (χ0n) is 18.6. The molecule has 1 aliphatic heterocycles. The summed E-state index contributed by atoms with van der Waals surface area (Å²) in [7, 11) is 0. The van der Waals surface area contributed by atoms with E-state index < -0.39 is 17.5 Å². The van der Waals surface area contributed by atoms with Crippen LogP contribution in [0.5, 0.6) is 0 Å². The lowest BCUT2D eigenvalue weighted by molar-refractivity contribution is -0.162. The molecular formula is C25H31NO6. The number of esters is 1. The van der Waals surface area contributed by atoms with Crippen LogP contribution >= 0.6 is 0 Å². The van der Waals surface area contributed by atoms with Crippen molar-refractivity contribution in [2.75, 3.05) is 19.6 Å². The van der Waals surface area contributed by atoms with Gasteiger partial charge < -0.3 is 19.8 Å². The molecule has 2 aromatic rings. The van der Waals surface area contributed by atoms with E-state index in [2.05, 4.69) is 36.1 Å². The predicted octanol–water partition coefficient (Wildman–Crippen LogP) is 3.77. The van der Waals surface area contributed by atoms with Crippen LogP contribution in [0.3, 0.4) is 0 Å². The molecule has 2 aromatic carbocycles. The summed E-state index contributed by atoms with van der Waals surface area (Å²) < 4.78 is 6.27. The van der Waals surface area contributed by atoms with Gasteiger partial charge in [-0.05, 0) is 25.9 Å². The van der Waals surface area contributed by atoms with Crippen molar-refractivity contribution in [3.05, 3.63) is 71.8 Å². The van der Waals surface area contributed by atoms with E-state index in [-0.39, 0.29) is 11.9 Å². The van der Waals surface area contributed by atoms with Gasteiger partial charge in [0.2, 0.25) is 0 Å². The summed E-state index contributed by atoms with van der Waals surface area (Å²) in [6.45, 7) is 7.24. The number of carboxylic acid groups (broad SMARTS) is 2. The highest BCUT2D eigenvalue weighted by atomic mass is 16.6. The third-order valence-corrected chi connectivity index (χ3v) is 5.58. The van der Waals surface area contributed by atoms with Crippen LogP contribution in [-0.2, 0) is 24.7 Å². The fourth-order valence-corrected chi connectivity index (χ4v) is 4.06. The van der Waals surface area contributed by atoms with Gasteiger partial charge in [-0.25, -0.2) is 9.59 Å². The summed E-state index contributed by atoms with van der Waals surface area (Å²) in [4.78, 5) is 33.2. The fraction of sp³-hybridized carbons (Fsp3) is 0.400. The van der Waals surface area contributed by atoms with Gasteiger partial charge >= 0.3 is 17.9 Å². The SMILES string of the molecule is CCC(=O)OC(c1ccccc1)(c1ccccc1)C(C)CN1CCCC1.O=C(O)C(=O)O. The normalized spacial score (nSPS) is 14.7. The van der Waals surface area contributed by atoms with E-state index in [0.717, 1.165) is 30.8 Å². The molecule has 0 aliphatic carbocycles. The lowest BCUT2D eigenvalue weighted by Gasteiger charge is -2.41. The zero-order valence-corrected chi connectivity index (χ0v) is 18.6. The molecule has 0 aromatic heterocycles. The number of carboxylic acids is 2. The Bertz CT molecular complexity index is 826. The monoisotopic (exact) mass is 441 g/mol. The lowest BCUT2D eigenvalue weighted by Crippen LogP contribution is -2.44. The Balaban J connectivity index is 0.000000534. The quantitative estimate of drug-likeness (QED) is 0.498. The highest BCUT2D eigenvalue weighted by molar-refractivity contribution is 6.27. The first-order valence-corrected chi connectivity index (χ1v) is 10.8. The van der Waals surface area contributed by atoms with Crippen LogP contribution in [0.15, 0.2) is 60.7 Å². The number of ether oxygens (including phenoxy) is 1. The number of aliphatic carboxylic acids is 2. The highest BCUT2D eigenvalue weighted by Gasteiger charge is 2.44. The minimum atomic E-state index is -1.82. The third-order valence-electron chi connectivity index (χ3n) is 5.58. The van der Waals surface area contributed by atoms with Crippen molar-refractivity contribution in [3.63, 3.8) is 0 Å². The molecule has 0 saturated carbocycles. The molecule has 1 heterocycles. The van der Waals surface area contributed by atoms with Gasteiger partial charge in [0.15, 0.2) is 5.60 Å². The minimum absolute atomic E-state index is 0.140. The molecule has 0 radical (unpaired) electrons. The summed E-state index contributed by atoms with van der Waals surface area (Å²) in [6, 6.07) is 20.4. The number of rotatable bonds is 7. The Labute approximate surface area is 188 Å². The number of hydrogen-bond acceptors (Lipinski definition) is 5. The Kier molecular flexibility index (Phi) is 9.40. The van der Waals surface area contributed by atoms with Crippen LogP contribution in [0.2, 0.25) is 0 Å². The van der Waals surface area contributed by atoms with Crippen LogP contribution in [0.1, 0.15) is 44.2 Å². The van der Waals surface area contributed by atoms with Gasteiger partial charge in [0.1, 0.15) is 0 Å². The van der Waals surface area contributed by atoms with Gasteiger partial charge in [0, 0.05) is 30.0 Å². The maximum atomic E-state index is 12.5. The summed E-state index contributed by atoms with van der Waals surface area (Å²) in [5.74, 6) is -3.67. The average molecular weight is 442 g/mol. The molecule has 1 aliphatic rings. The van der Waals surface area contributed by atoms with E-state index in [1.54, 1.807) is 0 Å². The standard InChI is InChI=1S/C23H29NO2.C2H2O4/c1-3-22(25)26-23(20-12-6-4-7-13-20,21-14-8-5-9-15-21)19(2)18-24-16-10-11-17-24;3-1(4)2(5)6/h4-9,12-15,19H,3,10-11,16-18H2,1-2H3;(H,3,4)(H,5,6). The van der Waals surface area contributed by atoms with Gasteiger partial charge in [-0.15, -0.1) is 0 Å². The van der Waals surface area contributed by atoms with Gasteiger partial charge in [0.05, 0.1) is 0 Å². The first kappa shape index (κ1) is 25.1. The molecule has 32 heavy (non-hydrogen) atoms. The molecule has 7 heteroatoms. The van der Waals surface area contributed by atoms with Crippen molar-refractivity contribution in [1.82, 2.24) is 4.90 Å². The van der Waals surface area contributed by atoms with Crippen molar-refractivity contribution in [2.24, 2.45) is 5.92 Å². The Morgan fingerprint density at radius 2 is 1.34 bits per heavy atom. The van der Waals surface area contributed by atoms with Crippen LogP contribution < -0.4 is 0 Å². The van der Waals surface area contributed by atoms with Crippen LogP contribution in [-0.4, -0.2) is 52.7 Å². The third kappa shape index (κ3) is 6.40. The summed E-state index contributed by atoms with van der Waals surface area (Å²) in [6.07, 6.45) is 2.88. The zero-order chi connectivity index (χ0) is 23.6. The highest BCUT2D eigenvalue weighted by Crippen LogP contribution is 2.41. The molecule has 172 valence electrons. The first-order valence-electron chi connectivity index (χ1n) is 10.8. The van der Waals surface area contributed by atoms with E-state index in [0.29, 0.717) is 6.42 Å². The molecular weight excluding hydrogens is 410 g/mol. The molecule has 3 rings (SSSR count). The van der Waals surface area contributed by atoms with E-state index in [1.165, 1.54) is 12.8 Å². The van der Waals surface area contributed by atoms with Crippen molar-refractivity contribution in [1.29, 1.82) is 0 Å². The first-order chi connectivity index (χ1) is 15.3. The largest absolute Gasteiger partial charge is 0.473 e. The number of carbonyl (C=O) groups is 3. The molecule has 2 N–H and O–H groups in total. The van der Waals surface area contributed by atoms with E-state index in [1.807, 2.05) is 43.3 Å². The Morgan fingerprint density at radius 1 is 0.906 bits per heavy atom. The number of carbonyl (C=O) groups excluding carboxylic acids is 1. The van der Waals surface area contributed by atoms with Crippen LogP contribution in [0.25, 0.3) is 0 Å². The van der Waals surface area contributed by atoms with Crippen molar-refractivity contribution < 1.29 is 29.3 Å². The smallest absolute Gasteiger partial charge is 0.414 e. The van der Waals surface area contributed by atoms with Gasteiger partial charge in [-0.2, -0.15) is 0 Å². The number of hydrogen-bond donors (Lipinski definition) is 2. The summed E-state index contributed by atoms with van der Waals surface area (Å²) in [5.41, 5.74) is 1.32. The predicted molar refractivity (Wildman–Crippen MR) is 120 cm³/mol. The molecule has 1 fully saturated rings.